The molecule has 0 aromatic heterocycles. The summed E-state index contributed by atoms with van der Waals surface area (Å²) in [5, 5.41) is 30.3. The minimum absolute atomic E-state index is 0.0451. The number of carbonyl (C=O) groups excluding carboxylic acids is 1. The van der Waals surface area contributed by atoms with Crippen LogP contribution in [0.1, 0.15) is 50.2 Å². The topological polar surface area (TPSA) is 77.8 Å². The van der Waals surface area contributed by atoms with Crippen molar-refractivity contribution < 1.29 is 20.1 Å². The largest absolute Gasteiger partial charge is 0.507 e. The molecule has 1 aromatic rings. The first-order chi connectivity index (χ1) is 11.2. The Morgan fingerprint density at radius 1 is 1.29 bits per heavy atom. The van der Waals surface area contributed by atoms with Gasteiger partial charge in [0.25, 0.3) is 0 Å². The summed E-state index contributed by atoms with van der Waals surface area (Å²) >= 11 is 0. The summed E-state index contributed by atoms with van der Waals surface area (Å²) in [6.45, 7) is 9.35. The van der Waals surface area contributed by atoms with E-state index in [9.17, 15) is 20.1 Å². The van der Waals surface area contributed by atoms with Crippen LogP contribution in [0.3, 0.4) is 0 Å². The minimum Gasteiger partial charge on any atom is -0.507 e. The molecule has 3 N–H and O–H groups in total. The molecule has 1 unspecified atom stereocenters. The smallest absolute Gasteiger partial charge is 0.158 e. The zero-order valence-electron chi connectivity index (χ0n) is 14.5. The number of carbonyl (C=O) groups is 1. The standard InChI is InChI=1S/C20H26O4/c1-11-7-15(13(3)5-6-17(22)14(4)21)16(8-11)20-18(23)9-12(2)10-19(20)24/h8-10,15-17,22-24H,3,5-7H2,1-2,4H3/t15-,16+,17?/m1/s1. The van der Waals surface area contributed by atoms with Gasteiger partial charge in [0.15, 0.2) is 5.78 Å². The molecule has 1 aliphatic rings. The third kappa shape index (κ3) is 3.88. The first-order valence-corrected chi connectivity index (χ1v) is 8.26. The van der Waals surface area contributed by atoms with E-state index in [0.717, 1.165) is 17.6 Å². The molecule has 4 nitrogen and oxygen atoms in total. The third-order valence-electron chi connectivity index (χ3n) is 4.79. The second kappa shape index (κ2) is 7.22. The second-order valence-corrected chi connectivity index (χ2v) is 6.89. The van der Waals surface area contributed by atoms with Crippen LogP contribution in [0, 0.1) is 12.8 Å². The van der Waals surface area contributed by atoms with Crippen molar-refractivity contribution in [1.29, 1.82) is 0 Å². The molecular formula is C20H26O4. The molecule has 0 fully saturated rings. The first-order valence-electron chi connectivity index (χ1n) is 8.26. The average Bonchev–Trinajstić information content (AvgIpc) is 2.84. The monoisotopic (exact) mass is 330 g/mol. The Morgan fingerprint density at radius 3 is 2.42 bits per heavy atom. The maximum Gasteiger partial charge on any atom is 0.158 e. The van der Waals surface area contributed by atoms with E-state index in [0.29, 0.717) is 18.4 Å². The molecule has 0 radical (unpaired) electrons. The summed E-state index contributed by atoms with van der Waals surface area (Å²) in [4.78, 5) is 11.2. The molecule has 2 rings (SSSR count). The van der Waals surface area contributed by atoms with E-state index in [4.69, 9.17) is 0 Å². The van der Waals surface area contributed by atoms with Crippen LogP contribution >= 0.6 is 0 Å². The van der Waals surface area contributed by atoms with Crippen LogP contribution in [0.25, 0.3) is 0 Å². The van der Waals surface area contributed by atoms with Crippen molar-refractivity contribution in [2.75, 3.05) is 0 Å². The number of hydrogen-bond donors (Lipinski definition) is 3. The molecule has 3 atom stereocenters. The third-order valence-corrected chi connectivity index (χ3v) is 4.79. The zero-order valence-corrected chi connectivity index (χ0v) is 14.5. The molecule has 0 amide bonds. The minimum atomic E-state index is -0.961. The Bertz CT molecular complexity index is 664. The summed E-state index contributed by atoms with van der Waals surface area (Å²) in [7, 11) is 0. The van der Waals surface area contributed by atoms with Gasteiger partial charge in [-0.05, 0) is 63.6 Å². The molecule has 1 aromatic carbocycles. The Kier molecular flexibility index (Phi) is 5.50. The predicted molar refractivity (Wildman–Crippen MR) is 94.2 cm³/mol. The number of Topliss-reactive ketones (excluding diaryl/α,β-unsaturated/α-hetero) is 1. The maximum absolute atomic E-state index is 11.2. The van der Waals surface area contributed by atoms with E-state index >= 15 is 0 Å². The maximum atomic E-state index is 11.2. The molecule has 0 bridgehead atoms. The number of aliphatic hydroxyl groups is 1. The van der Waals surface area contributed by atoms with Crippen molar-refractivity contribution >= 4 is 5.78 Å². The molecule has 0 saturated carbocycles. The fourth-order valence-electron chi connectivity index (χ4n) is 3.46. The number of aryl methyl sites for hydroxylation is 1. The van der Waals surface area contributed by atoms with Gasteiger partial charge in [-0.1, -0.05) is 23.8 Å². The number of ketones is 1. The Morgan fingerprint density at radius 2 is 1.88 bits per heavy atom. The molecular weight excluding hydrogens is 304 g/mol. The Labute approximate surface area is 143 Å². The molecule has 0 heterocycles. The van der Waals surface area contributed by atoms with Gasteiger partial charge in [-0.25, -0.2) is 0 Å². The van der Waals surface area contributed by atoms with Crippen molar-refractivity contribution in [1.82, 2.24) is 0 Å². The van der Waals surface area contributed by atoms with E-state index in [-0.39, 0.29) is 29.1 Å². The van der Waals surface area contributed by atoms with Gasteiger partial charge in [0.2, 0.25) is 0 Å². The summed E-state index contributed by atoms with van der Waals surface area (Å²) in [6.07, 6.45) is 2.78. The molecule has 4 heteroatoms. The van der Waals surface area contributed by atoms with Gasteiger partial charge >= 0.3 is 0 Å². The molecule has 0 aliphatic heterocycles. The van der Waals surface area contributed by atoms with Crippen LogP contribution < -0.4 is 0 Å². The van der Waals surface area contributed by atoms with E-state index in [2.05, 4.69) is 12.7 Å². The Balaban J connectivity index is 2.23. The number of phenolic OH excluding ortho intramolecular Hbond substituents is 2. The summed E-state index contributed by atoms with van der Waals surface area (Å²) in [6, 6.07) is 3.30. The van der Waals surface area contributed by atoms with Crippen LogP contribution in [0.5, 0.6) is 11.5 Å². The molecule has 24 heavy (non-hydrogen) atoms. The number of phenols is 2. The highest BCUT2D eigenvalue weighted by Gasteiger charge is 2.33. The molecule has 1 aliphatic carbocycles. The van der Waals surface area contributed by atoms with Crippen molar-refractivity contribution in [3.05, 3.63) is 47.1 Å². The van der Waals surface area contributed by atoms with E-state index < -0.39 is 6.10 Å². The summed E-state index contributed by atoms with van der Waals surface area (Å²) in [5.74, 6) is -0.167. The van der Waals surface area contributed by atoms with E-state index in [1.54, 1.807) is 12.1 Å². The van der Waals surface area contributed by atoms with Crippen LogP contribution in [0.4, 0.5) is 0 Å². The van der Waals surface area contributed by atoms with Crippen molar-refractivity contribution in [2.24, 2.45) is 5.92 Å². The van der Waals surface area contributed by atoms with Crippen LogP contribution in [-0.4, -0.2) is 27.2 Å². The van der Waals surface area contributed by atoms with Gasteiger partial charge < -0.3 is 15.3 Å². The lowest BCUT2D eigenvalue weighted by molar-refractivity contribution is -0.125. The number of aromatic hydroxyl groups is 2. The summed E-state index contributed by atoms with van der Waals surface area (Å²) in [5.41, 5.74) is 3.42. The Hall–Kier alpha value is -2.07. The normalized spacial score (nSPS) is 21.4. The van der Waals surface area contributed by atoms with Crippen molar-refractivity contribution in [2.45, 2.75) is 52.1 Å². The highest BCUT2D eigenvalue weighted by molar-refractivity contribution is 5.80. The van der Waals surface area contributed by atoms with Crippen molar-refractivity contribution in [3.63, 3.8) is 0 Å². The number of rotatable bonds is 6. The van der Waals surface area contributed by atoms with Gasteiger partial charge in [0.1, 0.15) is 17.6 Å². The number of benzene rings is 1. The van der Waals surface area contributed by atoms with Gasteiger partial charge in [-0.3, -0.25) is 4.79 Å². The lowest BCUT2D eigenvalue weighted by atomic mass is 9.81. The molecule has 130 valence electrons. The highest BCUT2D eigenvalue weighted by atomic mass is 16.3. The second-order valence-electron chi connectivity index (χ2n) is 6.89. The quantitative estimate of drug-likeness (QED) is 0.694. The number of aliphatic hydroxyl groups excluding tert-OH is 1. The molecule has 0 saturated heterocycles. The summed E-state index contributed by atoms with van der Waals surface area (Å²) < 4.78 is 0. The fourth-order valence-corrected chi connectivity index (χ4v) is 3.46. The highest BCUT2D eigenvalue weighted by Crippen LogP contribution is 2.48. The first kappa shape index (κ1) is 18.3. The van der Waals surface area contributed by atoms with Crippen molar-refractivity contribution in [3.8, 4) is 11.5 Å². The van der Waals surface area contributed by atoms with Gasteiger partial charge in [-0.15, -0.1) is 0 Å². The molecule has 0 spiro atoms. The average molecular weight is 330 g/mol. The van der Waals surface area contributed by atoms with E-state index in [1.165, 1.54) is 12.5 Å². The van der Waals surface area contributed by atoms with Gasteiger partial charge in [0, 0.05) is 11.5 Å². The number of hydrogen-bond acceptors (Lipinski definition) is 4. The lowest BCUT2D eigenvalue weighted by Crippen LogP contribution is -2.18. The van der Waals surface area contributed by atoms with Gasteiger partial charge in [-0.2, -0.15) is 0 Å². The van der Waals surface area contributed by atoms with Crippen LogP contribution in [-0.2, 0) is 4.79 Å². The predicted octanol–water partition coefficient (Wildman–Crippen LogP) is 3.74. The van der Waals surface area contributed by atoms with Crippen LogP contribution in [0.2, 0.25) is 0 Å². The fraction of sp³-hybridized carbons (Fsp3) is 0.450. The SMILES string of the molecule is C=C(CCC(O)C(C)=O)[C@H]1CC(C)=C[C@@H]1c1c(O)cc(C)cc1O. The van der Waals surface area contributed by atoms with Crippen LogP contribution in [0.15, 0.2) is 35.9 Å². The number of allylic oxidation sites excluding steroid dienone is 3. The zero-order chi connectivity index (χ0) is 18.0. The van der Waals surface area contributed by atoms with Gasteiger partial charge in [0.05, 0.1) is 0 Å². The lowest BCUT2D eigenvalue weighted by Gasteiger charge is -2.24. The van der Waals surface area contributed by atoms with E-state index in [1.807, 2.05) is 13.8 Å².